The Balaban J connectivity index is 1.77. The van der Waals surface area contributed by atoms with E-state index in [-0.39, 0.29) is 5.91 Å². The lowest BCUT2D eigenvalue weighted by Gasteiger charge is -2.11. The molecule has 0 saturated heterocycles. The number of hydrogen-bond donors (Lipinski definition) is 1. The van der Waals surface area contributed by atoms with Gasteiger partial charge in [-0.2, -0.15) is 5.10 Å². The van der Waals surface area contributed by atoms with E-state index in [1.54, 1.807) is 28.9 Å². The van der Waals surface area contributed by atoms with Crippen LogP contribution in [0.15, 0.2) is 54.6 Å². The quantitative estimate of drug-likeness (QED) is 0.765. The molecule has 1 N–H and O–H groups in total. The molecular weight excluding hydrogens is 358 g/mol. The first-order chi connectivity index (χ1) is 12.1. The number of anilines is 1. The predicted molar refractivity (Wildman–Crippen MR) is 98.5 cm³/mol. The molecule has 0 spiro atoms. The molecule has 0 unspecified atom stereocenters. The maximum absolute atomic E-state index is 12.6. The Kier molecular flexibility index (Phi) is 4.15. The molecule has 5 nitrogen and oxygen atoms in total. The van der Waals surface area contributed by atoms with Crippen molar-refractivity contribution in [3.63, 3.8) is 0 Å². The molecule has 25 heavy (non-hydrogen) atoms. The third-order valence-corrected chi connectivity index (χ3v) is 5.43. The third kappa shape index (κ3) is 3.10. The van der Waals surface area contributed by atoms with E-state index in [9.17, 15) is 9.00 Å². The molecule has 0 fully saturated rings. The van der Waals surface area contributed by atoms with Crippen LogP contribution in [0.25, 0.3) is 5.69 Å². The Morgan fingerprint density at radius 1 is 1.12 bits per heavy atom. The van der Waals surface area contributed by atoms with Crippen LogP contribution in [0.2, 0.25) is 5.02 Å². The summed E-state index contributed by atoms with van der Waals surface area (Å²) in [4.78, 5) is 12.6. The van der Waals surface area contributed by atoms with Gasteiger partial charge in [-0.25, -0.2) is 4.68 Å². The van der Waals surface area contributed by atoms with E-state index >= 15 is 0 Å². The van der Waals surface area contributed by atoms with Crippen LogP contribution in [0.1, 0.15) is 21.6 Å². The molecule has 2 heterocycles. The third-order valence-electron chi connectivity index (χ3n) is 3.99. The van der Waals surface area contributed by atoms with Crippen LogP contribution in [-0.4, -0.2) is 19.9 Å². The monoisotopic (exact) mass is 371 g/mol. The molecule has 126 valence electrons. The lowest BCUT2D eigenvalue weighted by atomic mass is 10.2. The zero-order valence-corrected chi connectivity index (χ0v) is 14.7. The lowest BCUT2D eigenvalue weighted by Crippen LogP contribution is -2.16. The van der Waals surface area contributed by atoms with Crippen LogP contribution in [0.4, 0.5) is 5.82 Å². The van der Waals surface area contributed by atoms with Crippen molar-refractivity contribution in [2.24, 2.45) is 0 Å². The number of hydrogen-bond acceptors (Lipinski definition) is 3. The van der Waals surface area contributed by atoms with Gasteiger partial charge in [0.15, 0.2) is 0 Å². The summed E-state index contributed by atoms with van der Waals surface area (Å²) >= 11 is 6.09. The minimum atomic E-state index is -0.980. The number of benzene rings is 2. The number of nitrogens with one attached hydrogen (secondary N) is 1. The van der Waals surface area contributed by atoms with Crippen molar-refractivity contribution in [3.05, 3.63) is 76.4 Å². The lowest BCUT2D eigenvalue weighted by molar-refractivity contribution is 0.102. The number of halogens is 1. The predicted octanol–water partition coefficient (Wildman–Crippen LogP) is 3.54. The molecule has 1 atom stereocenters. The van der Waals surface area contributed by atoms with Gasteiger partial charge < -0.3 is 5.32 Å². The minimum Gasteiger partial charge on any atom is -0.306 e. The summed E-state index contributed by atoms with van der Waals surface area (Å²) in [6.45, 7) is 0. The Morgan fingerprint density at radius 2 is 1.92 bits per heavy atom. The van der Waals surface area contributed by atoms with E-state index in [1.165, 1.54) is 0 Å². The maximum atomic E-state index is 12.6. The van der Waals surface area contributed by atoms with Gasteiger partial charge in [0, 0.05) is 26.9 Å². The fourth-order valence-corrected chi connectivity index (χ4v) is 4.27. The average molecular weight is 372 g/mol. The largest absolute Gasteiger partial charge is 0.306 e. The molecule has 2 aromatic carbocycles. The summed E-state index contributed by atoms with van der Waals surface area (Å²) in [7, 11) is -0.980. The van der Waals surface area contributed by atoms with Gasteiger partial charge in [0.05, 0.1) is 22.9 Å². The standard InChI is InChI=1S/C18H14ClN3O2S/c19-13-7-4-8-14(9-13)22-17(15-10-25(24)11-16(15)21-22)20-18(23)12-5-2-1-3-6-12/h1-9H,10-11H2,(H,20,23)/t25-/m1/s1. The minimum absolute atomic E-state index is 0.232. The van der Waals surface area contributed by atoms with E-state index in [0.717, 1.165) is 16.9 Å². The number of fused-ring (bicyclic) bond motifs is 1. The van der Waals surface area contributed by atoms with Crippen molar-refractivity contribution in [2.75, 3.05) is 5.32 Å². The fourth-order valence-electron chi connectivity index (χ4n) is 2.82. The Bertz CT molecular complexity index is 985. The highest BCUT2D eigenvalue weighted by atomic mass is 35.5. The van der Waals surface area contributed by atoms with E-state index in [4.69, 9.17) is 11.6 Å². The molecule has 1 aliphatic rings. The van der Waals surface area contributed by atoms with Crippen molar-refractivity contribution in [1.29, 1.82) is 0 Å². The van der Waals surface area contributed by atoms with E-state index < -0.39 is 10.8 Å². The summed E-state index contributed by atoms with van der Waals surface area (Å²) in [5, 5.41) is 8.06. The first-order valence-electron chi connectivity index (χ1n) is 7.70. The van der Waals surface area contributed by atoms with Crippen molar-refractivity contribution in [3.8, 4) is 5.69 Å². The molecule has 4 rings (SSSR count). The summed E-state index contributed by atoms with van der Waals surface area (Å²) in [5.41, 5.74) is 2.87. The van der Waals surface area contributed by atoms with Gasteiger partial charge >= 0.3 is 0 Å². The summed E-state index contributed by atoms with van der Waals surface area (Å²) < 4.78 is 13.6. The van der Waals surface area contributed by atoms with Crippen molar-refractivity contribution >= 4 is 34.1 Å². The highest BCUT2D eigenvalue weighted by Gasteiger charge is 2.28. The molecular formula is C18H14ClN3O2S. The van der Waals surface area contributed by atoms with Crippen LogP contribution in [-0.2, 0) is 22.3 Å². The zero-order valence-electron chi connectivity index (χ0n) is 13.1. The van der Waals surface area contributed by atoms with Gasteiger partial charge in [-0.15, -0.1) is 0 Å². The van der Waals surface area contributed by atoms with Crippen molar-refractivity contribution in [1.82, 2.24) is 9.78 Å². The SMILES string of the molecule is O=C(Nc1c2c(nn1-c1cccc(Cl)c1)C[S@](=O)C2)c1ccccc1. The highest BCUT2D eigenvalue weighted by Crippen LogP contribution is 2.32. The molecule has 3 aromatic rings. The number of nitrogens with zero attached hydrogens (tertiary/aromatic N) is 2. The van der Waals surface area contributed by atoms with Gasteiger partial charge in [-0.1, -0.05) is 35.9 Å². The second-order valence-electron chi connectivity index (χ2n) is 5.71. The van der Waals surface area contributed by atoms with Crippen molar-refractivity contribution < 1.29 is 9.00 Å². The van der Waals surface area contributed by atoms with Crippen LogP contribution in [0.3, 0.4) is 0 Å². The molecule has 0 saturated carbocycles. The summed E-state index contributed by atoms with van der Waals surface area (Å²) in [6.07, 6.45) is 0. The molecule has 0 bridgehead atoms. The smallest absolute Gasteiger partial charge is 0.256 e. The number of rotatable bonds is 3. The topological polar surface area (TPSA) is 64.0 Å². The number of amides is 1. The first kappa shape index (κ1) is 16.1. The van der Waals surface area contributed by atoms with Gasteiger partial charge in [-0.05, 0) is 30.3 Å². The first-order valence-corrected chi connectivity index (χ1v) is 9.56. The van der Waals surface area contributed by atoms with Gasteiger partial charge in [-0.3, -0.25) is 9.00 Å². The second-order valence-corrected chi connectivity index (χ2v) is 7.61. The number of aromatic nitrogens is 2. The molecule has 0 aliphatic carbocycles. The molecule has 1 amide bonds. The van der Waals surface area contributed by atoms with Crippen LogP contribution >= 0.6 is 11.6 Å². The maximum Gasteiger partial charge on any atom is 0.256 e. The van der Waals surface area contributed by atoms with E-state index in [2.05, 4.69) is 10.4 Å². The van der Waals surface area contributed by atoms with Crippen LogP contribution < -0.4 is 5.32 Å². The Hall–Kier alpha value is -2.44. The fraction of sp³-hybridized carbons (Fsp3) is 0.111. The second kappa shape index (κ2) is 6.46. The molecule has 1 aliphatic heterocycles. The Morgan fingerprint density at radius 3 is 2.68 bits per heavy atom. The van der Waals surface area contributed by atoms with Crippen molar-refractivity contribution in [2.45, 2.75) is 11.5 Å². The highest BCUT2D eigenvalue weighted by molar-refractivity contribution is 7.83. The molecule has 7 heteroatoms. The summed E-state index contributed by atoms with van der Waals surface area (Å²) in [6, 6.07) is 16.2. The zero-order chi connectivity index (χ0) is 17.4. The molecule has 1 aromatic heterocycles. The average Bonchev–Trinajstić information content (AvgIpc) is 3.13. The van der Waals surface area contributed by atoms with Gasteiger partial charge in [0.2, 0.25) is 0 Å². The van der Waals surface area contributed by atoms with Crippen LogP contribution in [0.5, 0.6) is 0 Å². The Labute approximate surface area is 152 Å². The van der Waals surface area contributed by atoms with Gasteiger partial charge in [0.25, 0.3) is 5.91 Å². The van der Waals surface area contributed by atoms with Gasteiger partial charge in [0.1, 0.15) is 5.82 Å². The molecule has 0 radical (unpaired) electrons. The normalized spacial score (nSPS) is 15.8. The van der Waals surface area contributed by atoms with E-state index in [0.29, 0.717) is 27.9 Å². The summed E-state index contributed by atoms with van der Waals surface area (Å²) in [5.74, 6) is 1.11. The van der Waals surface area contributed by atoms with Crippen LogP contribution in [0, 0.1) is 0 Å². The number of carbonyl (C=O) groups is 1. The van der Waals surface area contributed by atoms with E-state index in [1.807, 2.05) is 30.3 Å². The number of carbonyl (C=O) groups excluding carboxylic acids is 1.